The largest absolute Gasteiger partial charge is 0.276 e. The monoisotopic (exact) mass is 337 g/mol. The van der Waals surface area contributed by atoms with E-state index < -0.39 is 0 Å². The molecule has 4 nitrogen and oxygen atoms in total. The van der Waals surface area contributed by atoms with Crippen molar-refractivity contribution < 1.29 is 4.57 Å². The number of fused-ring (bicyclic) bond motifs is 7. The third kappa shape index (κ3) is 1.59. The van der Waals surface area contributed by atoms with Crippen LogP contribution in [-0.4, -0.2) is 14.1 Å². The molecule has 0 amide bonds. The maximum atomic E-state index is 4.72. The zero-order chi connectivity index (χ0) is 17.3. The Kier molecular flexibility index (Phi) is 2.57. The van der Waals surface area contributed by atoms with Crippen LogP contribution in [0.3, 0.4) is 0 Å². The number of rotatable bonds is 1. The number of nitrogens with zero attached hydrogens (tertiary/aromatic N) is 4. The molecule has 0 N–H and O–H groups in total. The summed E-state index contributed by atoms with van der Waals surface area (Å²) in [7, 11) is 2.16. The highest BCUT2D eigenvalue weighted by atomic mass is 15.3. The molecule has 26 heavy (non-hydrogen) atoms. The molecule has 0 saturated heterocycles. The molecule has 1 aliphatic heterocycles. The van der Waals surface area contributed by atoms with Crippen LogP contribution in [0.25, 0.3) is 39.3 Å². The Morgan fingerprint density at radius 3 is 2.62 bits per heavy atom. The molecular weight excluding hydrogens is 320 g/mol. The van der Waals surface area contributed by atoms with E-state index in [-0.39, 0.29) is 0 Å². The molecule has 0 atom stereocenters. The second kappa shape index (κ2) is 4.82. The van der Waals surface area contributed by atoms with Gasteiger partial charge in [-0.2, -0.15) is 0 Å². The normalized spacial score (nSPS) is 12.7. The van der Waals surface area contributed by atoms with Crippen molar-refractivity contribution in [1.29, 1.82) is 0 Å². The highest BCUT2D eigenvalue weighted by molar-refractivity contribution is 6.04. The quantitative estimate of drug-likeness (QED) is 0.419. The number of aromatic nitrogens is 4. The first kappa shape index (κ1) is 13.8. The van der Waals surface area contributed by atoms with Gasteiger partial charge in [-0.3, -0.25) is 4.57 Å². The minimum absolute atomic E-state index is 0.895. The van der Waals surface area contributed by atoms with Gasteiger partial charge in [-0.05, 0) is 30.3 Å². The predicted molar refractivity (Wildman–Crippen MR) is 102 cm³/mol. The summed E-state index contributed by atoms with van der Waals surface area (Å²) < 4.78 is 7.04. The first-order valence-electron chi connectivity index (χ1n) is 8.86. The van der Waals surface area contributed by atoms with E-state index >= 15 is 0 Å². The maximum absolute atomic E-state index is 4.72. The lowest BCUT2D eigenvalue weighted by Gasteiger charge is -2.02. The molecule has 2 aromatic carbocycles. The molecule has 0 spiro atoms. The van der Waals surface area contributed by atoms with Crippen LogP contribution in [0, 0.1) is 0 Å². The molecule has 0 bridgehead atoms. The lowest BCUT2D eigenvalue weighted by atomic mass is 10.1. The van der Waals surface area contributed by atoms with E-state index in [0.29, 0.717) is 0 Å². The van der Waals surface area contributed by atoms with Crippen LogP contribution in [0.5, 0.6) is 0 Å². The van der Waals surface area contributed by atoms with Crippen LogP contribution in [0.1, 0.15) is 5.56 Å². The Bertz CT molecular complexity index is 1310. The van der Waals surface area contributed by atoms with Gasteiger partial charge in [-0.25, -0.2) is 14.1 Å². The number of benzene rings is 2. The van der Waals surface area contributed by atoms with Crippen LogP contribution in [-0.2, 0) is 13.6 Å². The number of para-hydroxylation sites is 1. The molecule has 6 rings (SSSR count). The number of imidazole rings is 1. The Morgan fingerprint density at radius 1 is 0.923 bits per heavy atom. The minimum atomic E-state index is 0.895. The second-order valence-electron chi connectivity index (χ2n) is 6.84. The number of aryl methyl sites for hydroxylation is 1. The van der Waals surface area contributed by atoms with Crippen LogP contribution in [0.15, 0.2) is 72.9 Å². The fourth-order valence-electron chi connectivity index (χ4n) is 4.40. The molecule has 0 unspecified atom stereocenters. The molecule has 0 saturated carbocycles. The molecule has 0 aliphatic carbocycles. The van der Waals surface area contributed by atoms with Crippen molar-refractivity contribution in [2.75, 3.05) is 0 Å². The van der Waals surface area contributed by atoms with Crippen molar-refractivity contribution in [1.82, 2.24) is 14.1 Å². The molecule has 124 valence electrons. The third-order valence-corrected chi connectivity index (χ3v) is 5.44. The van der Waals surface area contributed by atoms with Gasteiger partial charge < -0.3 is 0 Å². The van der Waals surface area contributed by atoms with Gasteiger partial charge >= 0.3 is 0 Å². The summed E-state index contributed by atoms with van der Waals surface area (Å²) in [6.07, 6.45) is 1.88. The Balaban J connectivity index is 1.83. The van der Waals surface area contributed by atoms with E-state index in [2.05, 4.69) is 81.4 Å². The summed E-state index contributed by atoms with van der Waals surface area (Å²) in [5, 5.41) is 1.19. The fourth-order valence-corrected chi connectivity index (χ4v) is 4.40. The van der Waals surface area contributed by atoms with Crippen molar-refractivity contribution in [2.24, 2.45) is 7.05 Å². The van der Waals surface area contributed by atoms with E-state index in [4.69, 9.17) is 4.98 Å². The molecule has 1 aliphatic rings. The van der Waals surface area contributed by atoms with Crippen molar-refractivity contribution >= 4 is 22.2 Å². The molecule has 3 aromatic heterocycles. The van der Waals surface area contributed by atoms with E-state index in [1.807, 2.05) is 12.3 Å². The van der Waals surface area contributed by atoms with E-state index in [9.17, 15) is 0 Å². The topological polar surface area (TPSA) is 26.6 Å². The molecule has 0 radical (unpaired) electrons. The third-order valence-electron chi connectivity index (χ3n) is 5.44. The molecule has 4 heterocycles. The van der Waals surface area contributed by atoms with Crippen LogP contribution in [0.4, 0.5) is 0 Å². The number of hydrogen-bond acceptors (Lipinski definition) is 1. The molecular formula is C22H17N4+. The van der Waals surface area contributed by atoms with E-state index in [1.54, 1.807) is 0 Å². The van der Waals surface area contributed by atoms with Crippen molar-refractivity contribution in [2.45, 2.75) is 6.54 Å². The fraction of sp³-hybridized carbons (Fsp3) is 0.0909. The summed E-state index contributed by atoms with van der Waals surface area (Å²) in [5.41, 5.74) is 7.29. The zero-order valence-electron chi connectivity index (χ0n) is 14.4. The van der Waals surface area contributed by atoms with Gasteiger partial charge in [0, 0.05) is 11.8 Å². The standard InChI is InChI=1S/C22H17N4/c1-24-19-18-12-7-13-23-20(18)26(16-9-3-2-4-10-16)22(19)25-14-15-8-5-6-11-17(15)21(24)25/h2-13H,14H2,1H3/q+1. The van der Waals surface area contributed by atoms with Gasteiger partial charge in [-0.15, -0.1) is 0 Å². The summed E-state index contributed by atoms with van der Waals surface area (Å²) >= 11 is 0. The lowest BCUT2D eigenvalue weighted by molar-refractivity contribution is -0.648. The van der Waals surface area contributed by atoms with E-state index in [1.165, 1.54) is 33.5 Å². The highest BCUT2D eigenvalue weighted by Gasteiger charge is 2.35. The van der Waals surface area contributed by atoms with Crippen LogP contribution < -0.4 is 4.57 Å². The molecule has 4 heteroatoms. The van der Waals surface area contributed by atoms with Gasteiger partial charge in [0.1, 0.15) is 5.69 Å². The lowest BCUT2D eigenvalue weighted by Crippen LogP contribution is -2.33. The minimum Gasteiger partial charge on any atom is -0.255 e. The van der Waals surface area contributed by atoms with Gasteiger partial charge in [0.2, 0.25) is 11.5 Å². The van der Waals surface area contributed by atoms with Gasteiger partial charge in [0.15, 0.2) is 5.52 Å². The van der Waals surface area contributed by atoms with Crippen molar-refractivity contribution in [3.8, 4) is 17.1 Å². The zero-order valence-corrected chi connectivity index (χ0v) is 14.4. The Hall–Kier alpha value is -3.40. The predicted octanol–water partition coefficient (Wildman–Crippen LogP) is 3.83. The van der Waals surface area contributed by atoms with Crippen molar-refractivity contribution in [3.05, 3.63) is 78.5 Å². The first-order chi connectivity index (χ1) is 12.8. The van der Waals surface area contributed by atoms with Gasteiger partial charge in [0.25, 0.3) is 5.65 Å². The molecule has 0 fully saturated rings. The average Bonchev–Trinajstić information content (AvgIpc) is 3.31. The summed E-state index contributed by atoms with van der Waals surface area (Å²) in [5.74, 6) is 1.26. The second-order valence-corrected chi connectivity index (χ2v) is 6.84. The van der Waals surface area contributed by atoms with Crippen LogP contribution in [0.2, 0.25) is 0 Å². The SMILES string of the molecule is Cn1c2[n+](c3c1c1cccnc1n3-c1ccccc1)Cc1ccccc1-2. The Labute approximate surface area is 150 Å². The summed E-state index contributed by atoms with van der Waals surface area (Å²) in [4.78, 5) is 4.72. The summed E-state index contributed by atoms with van der Waals surface area (Å²) in [6, 6.07) is 23.4. The first-order valence-corrected chi connectivity index (χ1v) is 8.86. The van der Waals surface area contributed by atoms with E-state index in [0.717, 1.165) is 17.9 Å². The number of pyridine rings is 1. The highest BCUT2D eigenvalue weighted by Crippen LogP contribution is 2.36. The van der Waals surface area contributed by atoms with Gasteiger partial charge in [-0.1, -0.05) is 36.4 Å². The Morgan fingerprint density at radius 2 is 1.73 bits per heavy atom. The summed E-state index contributed by atoms with van der Waals surface area (Å²) in [6.45, 7) is 0.895. The van der Waals surface area contributed by atoms with Gasteiger partial charge in [0.05, 0.1) is 24.5 Å². The van der Waals surface area contributed by atoms with Crippen LogP contribution >= 0.6 is 0 Å². The number of hydrogen-bond donors (Lipinski definition) is 0. The maximum Gasteiger partial charge on any atom is 0.276 e. The average molecular weight is 337 g/mol. The van der Waals surface area contributed by atoms with Crippen molar-refractivity contribution in [3.63, 3.8) is 0 Å². The molecule has 5 aromatic rings. The smallest absolute Gasteiger partial charge is 0.255 e.